The topological polar surface area (TPSA) is 45.8 Å². The molecule has 20 heavy (non-hydrogen) atoms. The summed E-state index contributed by atoms with van der Waals surface area (Å²) in [6.07, 6.45) is 0. The van der Waals surface area contributed by atoms with Crippen LogP contribution in [0.4, 0.5) is 0 Å². The number of hydrogen-bond acceptors (Lipinski definition) is 3. The zero-order valence-corrected chi connectivity index (χ0v) is 11.3. The molecule has 4 rings (SSSR count). The van der Waals surface area contributed by atoms with Crippen molar-refractivity contribution in [3.63, 3.8) is 0 Å². The molecule has 0 bridgehead atoms. The van der Waals surface area contributed by atoms with Crippen molar-refractivity contribution in [3.05, 3.63) is 64.3 Å². The lowest BCUT2D eigenvalue weighted by atomic mass is 10.0. The standard InChI is InChI=1S/C16H10N2OS/c19-16-12-7-2-1-6-11(12)15(17-18-16)13-9-20-14-8-4-3-5-10(13)14/h1-9H,(H,18,19). The number of nitrogens with one attached hydrogen (secondary N) is 1. The van der Waals surface area contributed by atoms with Gasteiger partial charge >= 0.3 is 0 Å². The molecule has 0 unspecified atom stereocenters. The zero-order valence-electron chi connectivity index (χ0n) is 10.5. The average molecular weight is 278 g/mol. The predicted octanol–water partition coefficient (Wildman–Crippen LogP) is 3.80. The quantitative estimate of drug-likeness (QED) is 0.575. The van der Waals surface area contributed by atoms with Gasteiger partial charge in [-0.3, -0.25) is 4.79 Å². The van der Waals surface area contributed by atoms with E-state index in [4.69, 9.17) is 0 Å². The van der Waals surface area contributed by atoms with Gasteiger partial charge in [0.2, 0.25) is 0 Å². The highest BCUT2D eigenvalue weighted by Crippen LogP contribution is 2.35. The van der Waals surface area contributed by atoms with Crippen molar-refractivity contribution in [1.29, 1.82) is 0 Å². The van der Waals surface area contributed by atoms with Gasteiger partial charge in [-0.05, 0) is 12.1 Å². The lowest BCUT2D eigenvalue weighted by molar-refractivity contribution is 1.02. The van der Waals surface area contributed by atoms with Gasteiger partial charge in [-0.25, -0.2) is 5.10 Å². The molecular formula is C16H10N2OS. The summed E-state index contributed by atoms with van der Waals surface area (Å²) in [7, 11) is 0. The average Bonchev–Trinajstić information content (AvgIpc) is 2.92. The van der Waals surface area contributed by atoms with Crippen molar-refractivity contribution >= 4 is 32.2 Å². The lowest BCUT2D eigenvalue weighted by Crippen LogP contribution is -2.09. The lowest BCUT2D eigenvalue weighted by Gasteiger charge is -2.03. The van der Waals surface area contributed by atoms with E-state index in [2.05, 4.69) is 27.7 Å². The maximum Gasteiger partial charge on any atom is 0.272 e. The van der Waals surface area contributed by atoms with E-state index >= 15 is 0 Å². The third kappa shape index (κ3) is 1.58. The third-order valence-corrected chi connectivity index (χ3v) is 4.40. The first-order valence-corrected chi connectivity index (χ1v) is 7.16. The first kappa shape index (κ1) is 11.4. The fourth-order valence-corrected chi connectivity index (χ4v) is 3.43. The van der Waals surface area contributed by atoms with Crippen molar-refractivity contribution in [2.24, 2.45) is 0 Å². The second-order valence-corrected chi connectivity index (χ2v) is 5.50. The number of aromatic nitrogens is 2. The van der Waals surface area contributed by atoms with Gasteiger partial charge in [-0.2, -0.15) is 5.10 Å². The Kier molecular flexibility index (Phi) is 2.44. The van der Waals surface area contributed by atoms with Crippen LogP contribution >= 0.6 is 11.3 Å². The Bertz CT molecular complexity index is 984. The molecule has 1 N–H and O–H groups in total. The molecule has 0 spiro atoms. The van der Waals surface area contributed by atoms with Crippen LogP contribution in [0.5, 0.6) is 0 Å². The van der Waals surface area contributed by atoms with Gasteiger partial charge < -0.3 is 0 Å². The number of hydrogen-bond donors (Lipinski definition) is 1. The van der Waals surface area contributed by atoms with E-state index < -0.39 is 0 Å². The molecule has 4 heteroatoms. The first-order valence-electron chi connectivity index (χ1n) is 6.28. The molecular weight excluding hydrogens is 268 g/mol. The van der Waals surface area contributed by atoms with E-state index in [1.807, 2.05) is 36.4 Å². The van der Waals surface area contributed by atoms with E-state index in [1.165, 1.54) is 10.1 Å². The van der Waals surface area contributed by atoms with Gasteiger partial charge in [-0.15, -0.1) is 11.3 Å². The fraction of sp³-hybridized carbons (Fsp3) is 0. The Labute approximate surface area is 118 Å². The van der Waals surface area contributed by atoms with Gasteiger partial charge in [0.1, 0.15) is 5.69 Å². The summed E-state index contributed by atoms with van der Waals surface area (Å²) in [6, 6.07) is 15.8. The maximum absolute atomic E-state index is 11.8. The van der Waals surface area contributed by atoms with Gasteiger partial charge in [-0.1, -0.05) is 36.4 Å². The summed E-state index contributed by atoms with van der Waals surface area (Å²) in [5, 5.41) is 11.7. The van der Waals surface area contributed by atoms with Crippen LogP contribution in [0, 0.1) is 0 Å². The van der Waals surface area contributed by atoms with Gasteiger partial charge in [0.05, 0.1) is 5.39 Å². The summed E-state index contributed by atoms with van der Waals surface area (Å²) in [5.41, 5.74) is 1.75. The van der Waals surface area contributed by atoms with Crippen LogP contribution in [0.15, 0.2) is 58.7 Å². The Morgan fingerprint density at radius 2 is 1.60 bits per heavy atom. The van der Waals surface area contributed by atoms with Crippen LogP contribution in [0.3, 0.4) is 0 Å². The van der Waals surface area contributed by atoms with E-state index in [0.717, 1.165) is 16.6 Å². The Balaban J connectivity index is 2.13. The molecule has 0 aliphatic heterocycles. The molecule has 3 nitrogen and oxygen atoms in total. The van der Waals surface area contributed by atoms with Crippen LogP contribution in [0.1, 0.15) is 0 Å². The number of rotatable bonds is 1. The summed E-state index contributed by atoms with van der Waals surface area (Å²) in [6.45, 7) is 0. The van der Waals surface area contributed by atoms with Gasteiger partial charge in [0, 0.05) is 26.4 Å². The van der Waals surface area contributed by atoms with Crippen molar-refractivity contribution in [2.45, 2.75) is 0 Å². The van der Waals surface area contributed by atoms with E-state index in [0.29, 0.717) is 5.39 Å². The van der Waals surface area contributed by atoms with Crippen molar-refractivity contribution in [1.82, 2.24) is 10.2 Å². The number of aromatic amines is 1. The Morgan fingerprint density at radius 1 is 0.900 bits per heavy atom. The molecule has 0 amide bonds. The van der Waals surface area contributed by atoms with Crippen LogP contribution in [-0.4, -0.2) is 10.2 Å². The highest BCUT2D eigenvalue weighted by molar-refractivity contribution is 7.17. The zero-order chi connectivity index (χ0) is 13.5. The monoisotopic (exact) mass is 278 g/mol. The largest absolute Gasteiger partial charge is 0.272 e. The molecule has 4 aromatic rings. The van der Waals surface area contributed by atoms with Crippen LogP contribution in [-0.2, 0) is 0 Å². The minimum atomic E-state index is -0.149. The number of nitrogens with zero attached hydrogens (tertiary/aromatic N) is 1. The van der Waals surface area contributed by atoms with Gasteiger partial charge in [0.25, 0.3) is 5.56 Å². The molecule has 0 aliphatic carbocycles. The van der Waals surface area contributed by atoms with Crippen molar-refractivity contribution in [2.75, 3.05) is 0 Å². The minimum Gasteiger partial charge on any atom is -0.267 e. The molecule has 0 saturated heterocycles. The van der Waals surface area contributed by atoms with E-state index in [-0.39, 0.29) is 5.56 Å². The molecule has 0 aliphatic rings. The molecule has 2 heterocycles. The normalized spacial score (nSPS) is 11.2. The smallest absolute Gasteiger partial charge is 0.267 e. The second-order valence-electron chi connectivity index (χ2n) is 4.59. The summed E-state index contributed by atoms with van der Waals surface area (Å²) >= 11 is 1.69. The minimum absolute atomic E-state index is 0.149. The van der Waals surface area contributed by atoms with Crippen molar-refractivity contribution in [3.8, 4) is 11.3 Å². The summed E-state index contributed by atoms with van der Waals surface area (Å²) in [4.78, 5) is 11.8. The molecule has 2 aromatic carbocycles. The van der Waals surface area contributed by atoms with E-state index in [9.17, 15) is 4.79 Å². The fourth-order valence-electron chi connectivity index (χ4n) is 2.48. The highest BCUT2D eigenvalue weighted by atomic mass is 32.1. The second kappa shape index (κ2) is 4.28. The van der Waals surface area contributed by atoms with Crippen molar-refractivity contribution < 1.29 is 0 Å². The number of thiophene rings is 1. The van der Waals surface area contributed by atoms with Crippen LogP contribution < -0.4 is 5.56 Å². The van der Waals surface area contributed by atoms with Gasteiger partial charge in [0.15, 0.2) is 0 Å². The number of fused-ring (bicyclic) bond motifs is 2. The number of benzene rings is 2. The molecule has 96 valence electrons. The predicted molar refractivity (Wildman–Crippen MR) is 83.2 cm³/mol. The Hall–Kier alpha value is -2.46. The maximum atomic E-state index is 11.8. The third-order valence-electron chi connectivity index (χ3n) is 3.43. The Morgan fingerprint density at radius 3 is 2.45 bits per heavy atom. The number of H-pyrrole nitrogens is 1. The van der Waals surface area contributed by atoms with Crippen LogP contribution in [0.25, 0.3) is 32.1 Å². The van der Waals surface area contributed by atoms with Crippen LogP contribution in [0.2, 0.25) is 0 Å². The highest BCUT2D eigenvalue weighted by Gasteiger charge is 2.12. The molecule has 0 saturated carbocycles. The first-order chi connectivity index (χ1) is 9.84. The molecule has 0 fully saturated rings. The summed E-state index contributed by atoms with van der Waals surface area (Å²) in [5.74, 6) is 0. The summed E-state index contributed by atoms with van der Waals surface area (Å²) < 4.78 is 1.22. The molecule has 0 radical (unpaired) electrons. The molecule has 0 atom stereocenters. The molecule has 2 aromatic heterocycles. The van der Waals surface area contributed by atoms with E-state index in [1.54, 1.807) is 11.3 Å². The SMILES string of the molecule is O=c1[nH]nc(-c2csc3ccccc23)c2ccccc12.